The zero-order chi connectivity index (χ0) is 21.6. The molecule has 0 amide bonds. The van der Waals surface area contributed by atoms with Crippen LogP contribution >= 0.6 is 11.6 Å². The summed E-state index contributed by atoms with van der Waals surface area (Å²) in [7, 11) is 0. The number of ether oxygens (including phenoxy) is 1. The van der Waals surface area contributed by atoms with Crippen LogP contribution in [0.15, 0.2) is 60.7 Å². The van der Waals surface area contributed by atoms with Crippen molar-refractivity contribution >= 4 is 45.3 Å². The number of aromatic amines is 2. The van der Waals surface area contributed by atoms with Crippen molar-refractivity contribution in [3.05, 3.63) is 65.7 Å². The molecule has 10 heteroatoms. The number of nitrogens with one attached hydrogen (secondary N) is 3. The lowest BCUT2D eigenvalue weighted by atomic mass is 10.2. The summed E-state index contributed by atoms with van der Waals surface area (Å²) < 4.78 is 40.7. The van der Waals surface area contributed by atoms with Gasteiger partial charge >= 0.3 is 6.36 Å². The smallest absolute Gasteiger partial charge is 0.406 e. The van der Waals surface area contributed by atoms with Gasteiger partial charge in [0.1, 0.15) is 11.6 Å². The molecule has 156 valence electrons. The lowest BCUT2D eigenvalue weighted by molar-refractivity contribution is -0.274. The van der Waals surface area contributed by atoms with Gasteiger partial charge in [-0.3, -0.25) is 0 Å². The van der Waals surface area contributed by atoms with E-state index in [0.29, 0.717) is 28.0 Å². The maximum atomic E-state index is 12.3. The van der Waals surface area contributed by atoms with E-state index in [9.17, 15) is 13.2 Å². The van der Waals surface area contributed by atoms with Gasteiger partial charge in [-0.2, -0.15) is 0 Å². The van der Waals surface area contributed by atoms with Crippen LogP contribution in [0.25, 0.3) is 33.5 Å². The largest absolute Gasteiger partial charge is 0.573 e. The Labute approximate surface area is 178 Å². The van der Waals surface area contributed by atoms with Gasteiger partial charge in [0.25, 0.3) is 0 Å². The van der Waals surface area contributed by atoms with Gasteiger partial charge in [-0.1, -0.05) is 11.6 Å². The molecule has 0 atom stereocenters. The quantitative estimate of drug-likeness (QED) is 0.300. The molecule has 2 heterocycles. The summed E-state index contributed by atoms with van der Waals surface area (Å²) in [4.78, 5) is 15.5. The molecule has 31 heavy (non-hydrogen) atoms. The van der Waals surface area contributed by atoms with Gasteiger partial charge < -0.3 is 20.0 Å². The minimum absolute atomic E-state index is 0.292. The first-order valence-electron chi connectivity index (χ1n) is 9.11. The number of nitrogens with zero attached hydrogens (tertiary/aromatic N) is 2. The van der Waals surface area contributed by atoms with Crippen LogP contribution in [-0.2, 0) is 0 Å². The van der Waals surface area contributed by atoms with Crippen LogP contribution in [-0.4, -0.2) is 26.3 Å². The third kappa shape index (κ3) is 4.13. The van der Waals surface area contributed by atoms with Gasteiger partial charge in [-0.25, -0.2) is 9.97 Å². The number of halogens is 4. The maximum absolute atomic E-state index is 12.3. The molecular formula is C21H13ClF3N5O. The summed E-state index contributed by atoms with van der Waals surface area (Å²) in [5.41, 5.74) is 4.55. The van der Waals surface area contributed by atoms with Gasteiger partial charge in [-0.05, 0) is 60.7 Å². The van der Waals surface area contributed by atoms with Gasteiger partial charge in [0.05, 0.1) is 22.1 Å². The average molecular weight is 444 g/mol. The SMILES string of the molecule is FC(F)(F)Oc1ccc(Nc2nc3cc(-c4nc5cc(Cl)ccc5[nH]4)ccc3[nH]2)cc1. The normalized spacial score (nSPS) is 11.9. The summed E-state index contributed by atoms with van der Waals surface area (Å²) in [5.74, 6) is 0.851. The highest BCUT2D eigenvalue weighted by atomic mass is 35.5. The lowest BCUT2D eigenvalue weighted by Crippen LogP contribution is -2.16. The van der Waals surface area contributed by atoms with Crippen LogP contribution in [0.5, 0.6) is 5.75 Å². The molecule has 0 aliphatic carbocycles. The first-order valence-corrected chi connectivity index (χ1v) is 9.48. The molecule has 0 radical (unpaired) electrons. The molecular weight excluding hydrogens is 431 g/mol. The number of benzene rings is 3. The first kappa shape index (κ1) is 19.3. The number of hydrogen-bond acceptors (Lipinski definition) is 4. The Morgan fingerprint density at radius 3 is 2.32 bits per heavy atom. The zero-order valence-electron chi connectivity index (χ0n) is 15.6. The fourth-order valence-electron chi connectivity index (χ4n) is 3.20. The molecule has 0 saturated carbocycles. The second-order valence-corrected chi connectivity index (χ2v) is 7.20. The van der Waals surface area contributed by atoms with E-state index >= 15 is 0 Å². The van der Waals surface area contributed by atoms with E-state index in [1.165, 1.54) is 24.3 Å². The van der Waals surface area contributed by atoms with E-state index in [2.05, 4.69) is 30.0 Å². The Hall–Kier alpha value is -3.72. The van der Waals surface area contributed by atoms with E-state index < -0.39 is 6.36 Å². The monoisotopic (exact) mass is 443 g/mol. The van der Waals surface area contributed by atoms with Crippen LogP contribution in [0.4, 0.5) is 24.8 Å². The molecule has 0 unspecified atom stereocenters. The molecule has 3 N–H and O–H groups in total. The average Bonchev–Trinajstić information content (AvgIpc) is 3.30. The first-order chi connectivity index (χ1) is 14.8. The second-order valence-electron chi connectivity index (χ2n) is 6.76. The topological polar surface area (TPSA) is 78.6 Å². The second kappa shape index (κ2) is 7.21. The number of rotatable bonds is 4. The van der Waals surface area contributed by atoms with Crippen LogP contribution < -0.4 is 10.1 Å². The minimum atomic E-state index is -4.72. The minimum Gasteiger partial charge on any atom is -0.406 e. The molecule has 0 spiro atoms. The maximum Gasteiger partial charge on any atom is 0.573 e. The van der Waals surface area contributed by atoms with Crippen molar-refractivity contribution in [2.45, 2.75) is 6.36 Å². The fraction of sp³-hybridized carbons (Fsp3) is 0.0476. The van der Waals surface area contributed by atoms with Crippen molar-refractivity contribution in [3.63, 3.8) is 0 Å². The predicted molar refractivity (Wildman–Crippen MR) is 113 cm³/mol. The molecule has 3 aromatic carbocycles. The highest BCUT2D eigenvalue weighted by Crippen LogP contribution is 2.28. The Bertz CT molecular complexity index is 1390. The van der Waals surface area contributed by atoms with E-state index in [1.54, 1.807) is 12.1 Å². The molecule has 0 fully saturated rings. The van der Waals surface area contributed by atoms with Crippen molar-refractivity contribution in [2.75, 3.05) is 5.32 Å². The summed E-state index contributed by atoms with van der Waals surface area (Å²) in [6.07, 6.45) is -4.72. The van der Waals surface area contributed by atoms with E-state index in [4.69, 9.17) is 11.6 Å². The molecule has 6 nitrogen and oxygen atoms in total. The highest BCUT2D eigenvalue weighted by molar-refractivity contribution is 6.31. The number of alkyl halides is 3. The highest BCUT2D eigenvalue weighted by Gasteiger charge is 2.30. The molecule has 5 aromatic rings. The Morgan fingerprint density at radius 1 is 0.839 bits per heavy atom. The van der Waals surface area contributed by atoms with Gasteiger partial charge in [0, 0.05) is 16.3 Å². The molecule has 5 rings (SSSR count). The van der Waals surface area contributed by atoms with Crippen LogP contribution in [0.2, 0.25) is 5.02 Å². The summed E-state index contributed by atoms with van der Waals surface area (Å²) in [5, 5.41) is 3.64. The van der Waals surface area contributed by atoms with Crippen molar-refractivity contribution in [2.24, 2.45) is 0 Å². The van der Waals surface area contributed by atoms with Crippen LogP contribution in [0.1, 0.15) is 0 Å². The van der Waals surface area contributed by atoms with E-state index in [1.807, 2.05) is 24.3 Å². The van der Waals surface area contributed by atoms with Gasteiger partial charge in [0.2, 0.25) is 5.95 Å². The molecule has 0 aliphatic heterocycles. The Morgan fingerprint density at radius 2 is 1.55 bits per heavy atom. The molecule has 2 aromatic heterocycles. The number of fused-ring (bicyclic) bond motifs is 2. The van der Waals surface area contributed by atoms with Crippen molar-refractivity contribution < 1.29 is 17.9 Å². The van der Waals surface area contributed by atoms with Crippen molar-refractivity contribution in [1.82, 2.24) is 19.9 Å². The predicted octanol–water partition coefficient (Wildman–Crippen LogP) is 6.40. The number of aromatic nitrogens is 4. The lowest BCUT2D eigenvalue weighted by Gasteiger charge is -2.09. The van der Waals surface area contributed by atoms with Crippen molar-refractivity contribution in [1.29, 1.82) is 0 Å². The van der Waals surface area contributed by atoms with E-state index in [-0.39, 0.29) is 5.75 Å². The summed E-state index contributed by atoms with van der Waals surface area (Å²) in [6.45, 7) is 0. The van der Waals surface area contributed by atoms with Crippen molar-refractivity contribution in [3.8, 4) is 17.1 Å². The molecule has 0 aliphatic rings. The van der Waals surface area contributed by atoms with Crippen LogP contribution in [0.3, 0.4) is 0 Å². The van der Waals surface area contributed by atoms with Gasteiger partial charge in [-0.15, -0.1) is 13.2 Å². The standard InChI is InChI=1S/C21H13ClF3N5O/c22-12-2-8-15-18(10-12)28-19(27-15)11-1-7-16-17(9-11)30-20(29-16)26-13-3-5-14(6-4-13)31-21(23,24)25/h1-10H,(H,27,28)(H2,26,29,30). The number of imidazole rings is 2. The van der Waals surface area contributed by atoms with Crippen LogP contribution in [0, 0.1) is 0 Å². The number of H-pyrrole nitrogens is 2. The van der Waals surface area contributed by atoms with Gasteiger partial charge in [0.15, 0.2) is 0 Å². The van der Waals surface area contributed by atoms with E-state index in [0.717, 1.165) is 22.1 Å². The number of anilines is 2. The summed E-state index contributed by atoms with van der Waals surface area (Å²) >= 11 is 6.03. The molecule has 0 bridgehead atoms. The Kier molecular flexibility index (Phi) is 4.48. The fourth-order valence-corrected chi connectivity index (χ4v) is 3.37. The zero-order valence-corrected chi connectivity index (χ0v) is 16.3. The summed E-state index contributed by atoms with van der Waals surface area (Å²) in [6, 6.07) is 16.5. The Balaban J connectivity index is 1.39. The third-order valence-electron chi connectivity index (χ3n) is 4.55. The number of hydrogen-bond donors (Lipinski definition) is 3. The third-order valence-corrected chi connectivity index (χ3v) is 4.79. The molecule has 0 saturated heterocycles.